The highest BCUT2D eigenvalue weighted by molar-refractivity contribution is 5.69. The molecular formula is C25H40O3. The summed E-state index contributed by atoms with van der Waals surface area (Å²) in [5.74, 6) is 3.74. The molecule has 0 unspecified atom stereocenters. The molecule has 0 aromatic rings. The molecule has 0 aliphatic heterocycles. The SMILES string of the molecule is COC(=O)CC[C@@H](C)[C@@H]1CC[C@@H]2[C@H]3CC=C4C[C@@H](O)CC[C@]4(C)[C@@H]3CC[C@@]21C. The van der Waals surface area contributed by atoms with Crippen molar-refractivity contribution in [3.63, 3.8) is 0 Å². The first-order chi connectivity index (χ1) is 13.3. The lowest BCUT2D eigenvalue weighted by atomic mass is 9.47. The second-order valence-corrected chi connectivity index (χ2v) is 11.0. The Hall–Kier alpha value is -0.830. The maximum Gasteiger partial charge on any atom is 0.305 e. The highest BCUT2D eigenvalue weighted by atomic mass is 16.5. The van der Waals surface area contributed by atoms with Gasteiger partial charge in [0, 0.05) is 6.42 Å². The molecule has 1 N–H and O–H groups in total. The van der Waals surface area contributed by atoms with Crippen molar-refractivity contribution in [3.05, 3.63) is 11.6 Å². The lowest BCUT2D eigenvalue weighted by molar-refractivity contribution is -0.141. The summed E-state index contributed by atoms with van der Waals surface area (Å²) >= 11 is 0. The van der Waals surface area contributed by atoms with E-state index in [2.05, 4.69) is 26.8 Å². The lowest BCUT2D eigenvalue weighted by Gasteiger charge is -2.58. The van der Waals surface area contributed by atoms with Gasteiger partial charge in [-0.2, -0.15) is 0 Å². The van der Waals surface area contributed by atoms with E-state index in [4.69, 9.17) is 4.74 Å². The van der Waals surface area contributed by atoms with Crippen molar-refractivity contribution >= 4 is 5.97 Å². The lowest BCUT2D eigenvalue weighted by Crippen LogP contribution is -2.50. The first-order valence-electron chi connectivity index (χ1n) is 11.7. The molecule has 4 aliphatic rings. The Morgan fingerprint density at radius 2 is 2.00 bits per heavy atom. The number of hydrogen-bond acceptors (Lipinski definition) is 3. The first-order valence-corrected chi connectivity index (χ1v) is 11.7. The van der Waals surface area contributed by atoms with Gasteiger partial charge in [0.2, 0.25) is 0 Å². The first kappa shape index (κ1) is 20.4. The van der Waals surface area contributed by atoms with E-state index in [1.807, 2.05) is 0 Å². The van der Waals surface area contributed by atoms with Crippen molar-refractivity contribution in [1.29, 1.82) is 0 Å². The number of carbonyl (C=O) groups is 1. The predicted octanol–water partition coefficient (Wildman–Crippen LogP) is 5.52. The topological polar surface area (TPSA) is 46.5 Å². The minimum atomic E-state index is -0.115. The van der Waals surface area contributed by atoms with Gasteiger partial charge in [0.05, 0.1) is 13.2 Å². The van der Waals surface area contributed by atoms with E-state index in [1.54, 1.807) is 5.57 Å². The van der Waals surface area contributed by atoms with Crippen LogP contribution in [0.3, 0.4) is 0 Å². The summed E-state index contributed by atoms with van der Waals surface area (Å²) in [6, 6.07) is 0. The molecule has 28 heavy (non-hydrogen) atoms. The second kappa shape index (κ2) is 7.45. The molecular weight excluding hydrogens is 348 g/mol. The van der Waals surface area contributed by atoms with Crippen LogP contribution in [0.2, 0.25) is 0 Å². The fourth-order valence-electron chi connectivity index (χ4n) is 8.27. The molecule has 0 aromatic heterocycles. The number of esters is 1. The quantitative estimate of drug-likeness (QED) is 0.510. The number of carbonyl (C=O) groups excluding carboxylic acids is 1. The average Bonchev–Trinajstić information content (AvgIpc) is 3.03. The van der Waals surface area contributed by atoms with Gasteiger partial charge < -0.3 is 9.84 Å². The monoisotopic (exact) mass is 388 g/mol. The molecule has 0 amide bonds. The van der Waals surface area contributed by atoms with E-state index in [9.17, 15) is 9.90 Å². The van der Waals surface area contributed by atoms with Crippen LogP contribution in [-0.2, 0) is 9.53 Å². The van der Waals surface area contributed by atoms with Crippen molar-refractivity contribution in [2.75, 3.05) is 7.11 Å². The summed E-state index contributed by atoms with van der Waals surface area (Å²) in [4.78, 5) is 11.6. The van der Waals surface area contributed by atoms with Crippen molar-refractivity contribution in [2.45, 2.75) is 91.1 Å². The molecule has 3 fully saturated rings. The molecule has 0 saturated heterocycles. The van der Waals surface area contributed by atoms with Crippen LogP contribution in [0.5, 0.6) is 0 Å². The van der Waals surface area contributed by atoms with E-state index in [0.717, 1.165) is 42.9 Å². The molecule has 0 spiro atoms. The second-order valence-electron chi connectivity index (χ2n) is 11.0. The molecule has 158 valence electrons. The van der Waals surface area contributed by atoms with Gasteiger partial charge >= 0.3 is 5.97 Å². The van der Waals surface area contributed by atoms with E-state index >= 15 is 0 Å². The van der Waals surface area contributed by atoms with Crippen LogP contribution in [-0.4, -0.2) is 24.3 Å². The molecule has 3 saturated carbocycles. The van der Waals surface area contributed by atoms with Gasteiger partial charge in [0.25, 0.3) is 0 Å². The van der Waals surface area contributed by atoms with Gasteiger partial charge in [-0.05, 0) is 98.2 Å². The maximum absolute atomic E-state index is 11.6. The number of methoxy groups -OCH3 is 1. The Morgan fingerprint density at radius 3 is 2.75 bits per heavy atom. The highest BCUT2D eigenvalue weighted by Gasteiger charge is 2.59. The van der Waals surface area contributed by atoms with Crippen LogP contribution in [0.1, 0.15) is 85.0 Å². The fourth-order valence-corrected chi connectivity index (χ4v) is 8.27. The summed E-state index contributed by atoms with van der Waals surface area (Å²) in [7, 11) is 1.50. The summed E-state index contributed by atoms with van der Waals surface area (Å²) in [6.07, 6.45) is 13.6. The third-order valence-corrected chi connectivity index (χ3v) is 9.87. The van der Waals surface area contributed by atoms with Crippen LogP contribution >= 0.6 is 0 Å². The standard InChI is InChI=1S/C25H40O3/c1-16(5-10-23(27)28-4)20-8-9-21-19-7-6-17-15-18(26)11-13-24(17,2)22(19)12-14-25(20,21)3/h6,16,18-22,26H,5,7-15H2,1-4H3/t16-,18+,19-,20+,21-,22-,24+,25-/m1/s1. The number of aliphatic hydroxyl groups excluding tert-OH is 1. The minimum absolute atomic E-state index is 0.0624. The largest absolute Gasteiger partial charge is 0.469 e. The van der Waals surface area contributed by atoms with Crippen LogP contribution in [0.15, 0.2) is 11.6 Å². The van der Waals surface area contributed by atoms with Gasteiger partial charge in [0.15, 0.2) is 0 Å². The zero-order valence-corrected chi connectivity index (χ0v) is 18.4. The normalized spacial score (nSPS) is 46.0. The van der Waals surface area contributed by atoms with Gasteiger partial charge in [-0.15, -0.1) is 0 Å². The van der Waals surface area contributed by atoms with E-state index < -0.39 is 0 Å². The van der Waals surface area contributed by atoms with Crippen LogP contribution < -0.4 is 0 Å². The number of ether oxygens (including phenoxy) is 1. The zero-order valence-electron chi connectivity index (χ0n) is 18.4. The highest BCUT2D eigenvalue weighted by Crippen LogP contribution is 2.67. The number of hydrogen-bond donors (Lipinski definition) is 1. The van der Waals surface area contributed by atoms with Crippen LogP contribution in [0.4, 0.5) is 0 Å². The molecule has 3 heteroatoms. The van der Waals surface area contributed by atoms with E-state index in [-0.39, 0.29) is 12.1 Å². The Bertz CT molecular complexity index is 640. The molecule has 3 nitrogen and oxygen atoms in total. The smallest absolute Gasteiger partial charge is 0.305 e. The Morgan fingerprint density at radius 1 is 1.21 bits per heavy atom. The maximum atomic E-state index is 11.6. The Balaban J connectivity index is 1.51. The molecule has 0 bridgehead atoms. The van der Waals surface area contributed by atoms with Gasteiger partial charge in [-0.25, -0.2) is 0 Å². The van der Waals surface area contributed by atoms with E-state index in [0.29, 0.717) is 23.2 Å². The third-order valence-electron chi connectivity index (χ3n) is 9.87. The Kier molecular flexibility index (Phi) is 5.44. The van der Waals surface area contributed by atoms with Crippen molar-refractivity contribution in [1.82, 2.24) is 0 Å². The molecule has 0 aromatic carbocycles. The van der Waals surface area contributed by atoms with Crippen LogP contribution in [0, 0.1) is 40.4 Å². The van der Waals surface area contributed by atoms with Crippen molar-refractivity contribution < 1.29 is 14.6 Å². The minimum Gasteiger partial charge on any atom is -0.469 e. The molecule has 8 atom stereocenters. The number of rotatable bonds is 4. The molecule has 4 rings (SSSR count). The van der Waals surface area contributed by atoms with Crippen LogP contribution in [0.25, 0.3) is 0 Å². The van der Waals surface area contributed by atoms with Crippen molar-refractivity contribution in [3.8, 4) is 0 Å². The molecule has 0 heterocycles. The average molecular weight is 389 g/mol. The predicted molar refractivity (Wildman–Crippen MR) is 112 cm³/mol. The summed E-state index contributed by atoms with van der Waals surface area (Å²) in [6.45, 7) is 7.46. The Labute approximate surface area is 171 Å². The summed E-state index contributed by atoms with van der Waals surface area (Å²) < 4.78 is 4.87. The number of allylic oxidation sites excluding steroid dienone is 1. The third kappa shape index (κ3) is 3.16. The number of aliphatic hydroxyl groups is 1. The number of fused-ring (bicyclic) bond motifs is 5. The summed E-state index contributed by atoms with van der Waals surface area (Å²) in [5, 5.41) is 10.2. The summed E-state index contributed by atoms with van der Waals surface area (Å²) in [5.41, 5.74) is 2.34. The molecule has 4 aliphatic carbocycles. The van der Waals surface area contributed by atoms with Gasteiger partial charge in [-0.3, -0.25) is 4.79 Å². The van der Waals surface area contributed by atoms with Gasteiger partial charge in [0.1, 0.15) is 0 Å². The zero-order chi connectivity index (χ0) is 20.1. The van der Waals surface area contributed by atoms with Crippen molar-refractivity contribution in [2.24, 2.45) is 40.4 Å². The molecule has 0 radical (unpaired) electrons. The van der Waals surface area contributed by atoms with E-state index in [1.165, 1.54) is 45.6 Å². The van der Waals surface area contributed by atoms with Gasteiger partial charge in [-0.1, -0.05) is 32.4 Å². The fraction of sp³-hybridized carbons (Fsp3) is 0.880.